The lowest BCUT2D eigenvalue weighted by atomic mass is 10.2. The van der Waals surface area contributed by atoms with E-state index in [1.54, 1.807) is 13.8 Å². The molecule has 6 nitrogen and oxygen atoms in total. The Balaban J connectivity index is 3.89. The molecule has 0 spiro atoms. The van der Waals surface area contributed by atoms with E-state index in [0.717, 1.165) is 6.42 Å². The predicted molar refractivity (Wildman–Crippen MR) is 70.3 cm³/mol. The van der Waals surface area contributed by atoms with Gasteiger partial charge in [0, 0.05) is 26.2 Å². The second-order valence-corrected chi connectivity index (χ2v) is 4.79. The summed E-state index contributed by atoms with van der Waals surface area (Å²) >= 11 is 0. The first kappa shape index (κ1) is 17.8. The van der Waals surface area contributed by atoms with Crippen LogP contribution in [-0.4, -0.2) is 77.9 Å². The highest BCUT2D eigenvalue weighted by atomic mass is 16.5. The lowest BCUT2D eigenvalue weighted by molar-refractivity contribution is -0.0000434. The molecule has 0 saturated carbocycles. The first-order valence-corrected chi connectivity index (χ1v) is 6.50. The van der Waals surface area contributed by atoms with E-state index < -0.39 is 18.3 Å². The molecule has 6 heteroatoms. The molecule has 110 valence electrons. The SMILES string of the molecule is CC(O)CN(CC(C)O)CC(O)COCCCN. The third-order valence-electron chi connectivity index (χ3n) is 2.32. The number of aliphatic hydroxyl groups is 3. The Morgan fingerprint density at radius 2 is 1.61 bits per heavy atom. The van der Waals surface area contributed by atoms with Crippen molar-refractivity contribution in [1.29, 1.82) is 0 Å². The number of rotatable bonds is 11. The Bertz CT molecular complexity index is 181. The average molecular weight is 264 g/mol. The number of hydrogen-bond acceptors (Lipinski definition) is 6. The molecule has 0 aromatic rings. The molecule has 0 aromatic heterocycles. The molecule has 5 N–H and O–H groups in total. The van der Waals surface area contributed by atoms with Crippen LogP contribution in [0.15, 0.2) is 0 Å². The van der Waals surface area contributed by atoms with Crippen molar-refractivity contribution in [3.63, 3.8) is 0 Å². The van der Waals surface area contributed by atoms with Crippen molar-refractivity contribution in [3.8, 4) is 0 Å². The fourth-order valence-corrected chi connectivity index (χ4v) is 1.73. The van der Waals surface area contributed by atoms with Gasteiger partial charge in [-0.15, -0.1) is 0 Å². The lowest BCUT2D eigenvalue weighted by Gasteiger charge is -2.27. The monoisotopic (exact) mass is 264 g/mol. The number of aliphatic hydroxyl groups excluding tert-OH is 3. The minimum absolute atomic E-state index is 0.246. The highest BCUT2D eigenvalue weighted by molar-refractivity contribution is 4.69. The first-order chi connectivity index (χ1) is 8.45. The highest BCUT2D eigenvalue weighted by Crippen LogP contribution is 1.99. The van der Waals surface area contributed by atoms with Crippen molar-refractivity contribution >= 4 is 0 Å². The maximum atomic E-state index is 9.78. The molecule has 3 unspecified atom stereocenters. The molecule has 0 amide bonds. The molecule has 0 radical (unpaired) electrons. The van der Waals surface area contributed by atoms with Crippen LogP contribution in [0.5, 0.6) is 0 Å². The summed E-state index contributed by atoms with van der Waals surface area (Å²) in [4.78, 5) is 1.83. The zero-order chi connectivity index (χ0) is 14.0. The number of nitrogens with two attached hydrogens (primary N) is 1. The molecule has 0 aliphatic carbocycles. The molecule has 0 saturated heterocycles. The van der Waals surface area contributed by atoms with Gasteiger partial charge in [0.25, 0.3) is 0 Å². The number of ether oxygens (including phenoxy) is 1. The van der Waals surface area contributed by atoms with Gasteiger partial charge in [-0.1, -0.05) is 0 Å². The molecule has 0 bridgehead atoms. The fourth-order valence-electron chi connectivity index (χ4n) is 1.73. The van der Waals surface area contributed by atoms with Gasteiger partial charge in [-0.05, 0) is 26.8 Å². The minimum atomic E-state index is -0.625. The second kappa shape index (κ2) is 10.7. The largest absolute Gasteiger partial charge is 0.392 e. The van der Waals surface area contributed by atoms with Crippen LogP contribution >= 0.6 is 0 Å². The molecule has 0 aliphatic heterocycles. The van der Waals surface area contributed by atoms with Crippen molar-refractivity contribution in [2.75, 3.05) is 39.4 Å². The third kappa shape index (κ3) is 10.9. The molecule has 0 fully saturated rings. The second-order valence-electron chi connectivity index (χ2n) is 4.79. The van der Waals surface area contributed by atoms with Crippen molar-refractivity contribution in [2.24, 2.45) is 5.73 Å². The van der Waals surface area contributed by atoms with Crippen LogP contribution in [0.3, 0.4) is 0 Å². The van der Waals surface area contributed by atoms with E-state index in [4.69, 9.17) is 10.5 Å². The zero-order valence-electron chi connectivity index (χ0n) is 11.5. The van der Waals surface area contributed by atoms with E-state index in [1.165, 1.54) is 0 Å². The topological polar surface area (TPSA) is 99.2 Å². The van der Waals surface area contributed by atoms with Crippen LogP contribution in [0.25, 0.3) is 0 Å². The molecule has 0 rings (SSSR count). The van der Waals surface area contributed by atoms with E-state index in [2.05, 4.69) is 0 Å². The van der Waals surface area contributed by atoms with Gasteiger partial charge in [0.2, 0.25) is 0 Å². The molecular formula is C12H28N2O4. The maximum Gasteiger partial charge on any atom is 0.0900 e. The van der Waals surface area contributed by atoms with Crippen LogP contribution in [0, 0.1) is 0 Å². The molecule has 3 atom stereocenters. The normalized spacial score (nSPS) is 16.8. The van der Waals surface area contributed by atoms with Gasteiger partial charge < -0.3 is 25.8 Å². The van der Waals surface area contributed by atoms with Gasteiger partial charge in [0.1, 0.15) is 0 Å². The Morgan fingerprint density at radius 1 is 1.06 bits per heavy atom. The molecule has 18 heavy (non-hydrogen) atoms. The van der Waals surface area contributed by atoms with Crippen LogP contribution in [-0.2, 0) is 4.74 Å². The van der Waals surface area contributed by atoms with Crippen LogP contribution < -0.4 is 5.73 Å². The summed E-state index contributed by atoms with van der Waals surface area (Å²) in [5, 5.41) is 28.5. The third-order valence-corrected chi connectivity index (χ3v) is 2.32. The molecule has 0 heterocycles. The summed E-state index contributed by atoms with van der Waals surface area (Å²) < 4.78 is 5.27. The Hall–Kier alpha value is -0.240. The van der Waals surface area contributed by atoms with E-state index >= 15 is 0 Å². The summed E-state index contributed by atoms with van der Waals surface area (Å²) in [7, 11) is 0. The van der Waals surface area contributed by atoms with Crippen LogP contribution in [0.2, 0.25) is 0 Å². The van der Waals surface area contributed by atoms with Crippen molar-refractivity contribution in [3.05, 3.63) is 0 Å². The van der Waals surface area contributed by atoms with Crippen molar-refractivity contribution in [2.45, 2.75) is 38.6 Å². The Kier molecular flexibility index (Phi) is 10.5. The molecule has 0 aromatic carbocycles. The van der Waals surface area contributed by atoms with Gasteiger partial charge in [-0.2, -0.15) is 0 Å². The van der Waals surface area contributed by atoms with Gasteiger partial charge >= 0.3 is 0 Å². The smallest absolute Gasteiger partial charge is 0.0900 e. The van der Waals surface area contributed by atoms with Gasteiger partial charge in [-0.25, -0.2) is 0 Å². The van der Waals surface area contributed by atoms with Gasteiger partial charge in [0.15, 0.2) is 0 Å². The predicted octanol–water partition coefficient (Wildman–Crippen LogP) is -1.22. The summed E-state index contributed by atoms with van der Waals surface area (Å²) in [5.74, 6) is 0. The maximum absolute atomic E-state index is 9.78. The summed E-state index contributed by atoms with van der Waals surface area (Å²) in [6, 6.07) is 0. The standard InChI is InChI=1S/C12H28N2O4/c1-10(15)6-14(7-11(2)16)8-12(17)9-18-5-3-4-13/h10-12,15-17H,3-9,13H2,1-2H3. The van der Waals surface area contributed by atoms with Crippen LogP contribution in [0.4, 0.5) is 0 Å². The molecular weight excluding hydrogens is 236 g/mol. The molecule has 0 aliphatic rings. The fraction of sp³-hybridized carbons (Fsp3) is 1.00. The Morgan fingerprint density at radius 3 is 2.06 bits per heavy atom. The van der Waals surface area contributed by atoms with Crippen molar-refractivity contribution < 1.29 is 20.1 Å². The minimum Gasteiger partial charge on any atom is -0.392 e. The Labute approximate surface area is 109 Å². The van der Waals surface area contributed by atoms with E-state index in [-0.39, 0.29) is 6.61 Å². The van der Waals surface area contributed by atoms with Gasteiger partial charge in [-0.3, -0.25) is 4.90 Å². The summed E-state index contributed by atoms with van der Waals surface area (Å²) in [6.45, 7) is 5.94. The first-order valence-electron chi connectivity index (χ1n) is 6.50. The number of nitrogens with zero attached hydrogens (tertiary/aromatic N) is 1. The zero-order valence-corrected chi connectivity index (χ0v) is 11.5. The quantitative estimate of drug-likeness (QED) is 0.349. The average Bonchev–Trinajstić information content (AvgIpc) is 2.22. The van der Waals surface area contributed by atoms with E-state index in [0.29, 0.717) is 32.8 Å². The lowest BCUT2D eigenvalue weighted by Crippen LogP contribution is -2.42. The van der Waals surface area contributed by atoms with Crippen molar-refractivity contribution in [1.82, 2.24) is 4.90 Å². The summed E-state index contributed by atoms with van der Waals surface area (Å²) in [6.07, 6.45) is -0.832. The number of hydrogen-bond donors (Lipinski definition) is 4. The van der Waals surface area contributed by atoms with Crippen LogP contribution in [0.1, 0.15) is 20.3 Å². The van der Waals surface area contributed by atoms with Gasteiger partial charge in [0.05, 0.1) is 24.9 Å². The van der Waals surface area contributed by atoms with E-state index in [9.17, 15) is 15.3 Å². The highest BCUT2D eigenvalue weighted by Gasteiger charge is 2.15. The summed E-state index contributed by atoms with van der Waals surface area (Å²) in [5.41, 5.74) is 5.33. The van der Waals surface area contributed by atoms with E-state index in [1.807, 2.05) is 4.90 Å².